The van der Waals surface area contributed by atoms with Crippen LogP contribution in [-0.2, 0) is 11.0 Å². The average molecular weight is 374 g/mol. The van der Waals surface area contributed by atoms with Crippen molar-refractivity contribution in [3.05, 3.63) is 53.6 Å². The molecule has 0 fully saturated rings. The molecule has 1 N–H and O–H groups in total. The van der Waals surface area contributed by atoms with Crippen LogP contribution in [-0.4, -0.2) is 29.8 Å². The molecule has 0 amide bonds. The van der Waals surface area contributed by atoms with Crippen LogP contribution < -0.4 is 5.32 Å². The van der Waals surface area contributed by atoms with Crippen LogP contribution in [0, 0.1) is 0 Å². The molecule has 1 aromatic heterocycles. The maximum atomic E-state index is 13.1. The molecule has 8 heteroatoms. The summed E-state index contributed by atoms with van der Waals surface area (Å²) in [4.78, 5) is 13.5. The zero-order chi connectivity index (χ0) is 19.4. The number of hydrogen-bond acceptors (Lipinski definition) is 5. The van der Waals surface area contributed by atoms with Gasteiger partial charge in [0.15, 0.2) is 5.82 Å². The number of anilines is 1. The topological polar surface area (TPSA) is 59.4 Å². The first-order valence-electron chi connectivity index (χ1n) is 8.22. The third-order valence-electron chi connectivity index (χ3n) is 3.84. The lowest BCUT2D eigenvalue weighted by Crippen LogP contribution is -2.07. The van der Waals surface area contributed by atoms with Gasteiger partial charge >= 0.3 is 6.18 Å². The van der Waals surface area contributed by atoms with Crippen molar-refractivity contribution < 1.29 is 18.0 Å². The summed E-state index contributed by atoms with van der Waals surface area (Å²) < 4.78 is 39.2. The van der Waals surface area contributed by atoms with E-state index in [9.17, 15) is 13.2 Å². The molecular weight excluding hydrogens is 357 g/mol. The Morgan fingerprint density at radius 1 is 1.11 bits per heavy atom. The quantitative estimate of drug-likeness (QED) is 0.518. The zero-order valence-corrected chi connectivity index (χ0v) is 14.7. The smallest absolute Gasteiger partial charge is 0.399 e. The van der Waals surface area contributed by atoms with Crippen LogP contribution in [0.25, 0.3) is 22.3 Å². The minimum atomic E-state index is -4.43. The van der Waals surface area contributed by atoms with Gasteiger partial charge in [-0.1, -0.05) is 29.4 Å². The highest BCUT2D eigenvalue weighted by molar-refractivity contribution is 5.91. The third-order valence-corrected chi connectivity index (χ3v) is 3.84. The first kappa shape index (κ1) is 18.6. The molecule has 27 heavy (non-hydrogen) atoms. The molecule has 0 aliphatic carbocycles. The number of benzene rings is 2. The Bertz CT molecular complexity index is 969. The van der Waals surface area contributed by atoms with Gasteiger partial charge in [-0.2, -0.15) is 13.2 Å². The summed E-state index contributed by atoms with van der Waals surface area (Å²) in [5, 5.41) is 7.31. The van der Waals surface area contributed by atoms with E-state index in [4.69, 9.17) is 0 Å². The van der Waals surface area contributed by atoms with E-state index in [1.54, 1.807) is 30.5 Å². The molecule has 0 aliphatic heterocycles. The summed E-state index contributed by atoms with van der Waals surface area (Å²) in [5.41, 5.74) is 0.986. The normalized spacial score (nSPS) is 11.9. The van der Waals surface area contributed by atoms with Crippen LogP contribution in [0.15, 0.2) is 47.6 Å². The SMILES string of the molecule is CCNc1nc(-c2ccc(/C=N/OC)cc2)nc2cc(C(F)(F)F)ccc12. The molecule has 0 unspecified atom stereocenters. The van der Waals surface area contributed by atoms with E-state index in [1.807, 2.05) is 6.92 Å². The Morgan fingerprint density at radius 2 is 1.85 bits per heavy atom. The Kier molecular flexibility index (Phi) is 5.25. The molecule has 0 aliphatic rings. The first-order valence-corrected chi connectivity index (χ1v) is 8.22. The van der Waals surface area contributed by atoms with E-state index in [0.29, 0.717) is 29.1 Å². The van der Waals surface area contributed by atoms with Crippen molar-refractivity contribution in [2.24, 2.45) is 5.16 Å². The predicted molar refractivity (Wildman–Crippen MR) is 98.7 cm³/mol. The van der Waals surface area contributed by atoms with Crippen LogP contribution in [0.5, 0.6) is 0 Å². The van der Waals surface area contributed by atoms with Crippen LogP contribution in [0.4, 0.5) is 19.0 Å². The van der Waals surface area contributed by atoms with Crippen molar-refractivity contribution in [1.29, 1.82) is 0 Å². The van der Waals surface area contributed by atoms with Crippen molar-refractivity contribution in [1.82, 2.24) is 9.97 Å². The molecule has 3 aromatic rings. The maximum absolute atomic E-state index is 13.1. The van der Waals surface area contributed by atoms with Gasteiger partial charge in [0.25, 0.3) is 0 Å². The number of nitrogens with one attached hydrogen (secondary N) is 1. The van der Waals surface area contributed by atoms with Gasteiger partial charge < -0.3 is 10.2 Å². The van der Waals surface area contributed by atoms with Crippen molar-refractivity contribution in [2.75, 3.05) is 19.0 Å². The zero-order valence-electron chi connectivity index (χ0n) is 14.7. The lowest BCUT2D eigenvalue weighted by atomic mass is 10.1. The number of hydrogen-bond donors (Lipinski definition) is 1. The van der Waals surface area contributed by atoms with Crippen LogP contribution in [0.2, 0.25) is 0 Å². The number of nitrogens with zero attached hydrogens (tertiary/aromatic N) is 3. The lowest BCUT2D eigenvalue weighted by molar-refractivity contribution is -0.137. The van der Waals surface area contributed by atoms with E-state index in [0.717, 1.165) is 17.7 Å². The highest BCUT2D eigenvalue weighted by Crippen LogP contribution is 2.33. The summed E-state index contributed by atoms with van der Waals surface area (Å²) in [7, 11) is 1.45. The summed E-state index contributed by atoms with van der Waals surface area (Å²) >= 11 is 0. The van der Waals surface area contributed by atoms with Gasteiger partial charge in [-0.15, -0.1) is 0 Å². The highest BCUT2D eigenvalue weighted by atomic mass is 19.4. The van der Waals surface area contributed by atoms with E-state index in [1.165, 1.54) is 13.2 Å². The molecule has 0 atom stereocenters. The average Bonchev–Trinajstić information content (AvgIpc) is 2.65. The molecule has 5 nitrogen and oxygen atoms in total. The fourth-order valence-corrected chi connectivity index (χ4v) is 2.57. The van der Waals surface area contributed by atoms with Gasteiger partial charge in [0, 0.05) is 17.5 Å². The maximum Gasteiger partial charge on any atom is 0.416 e. The van der Waals surface area contributed by atoms with Crippen molar-refractivity contribution >= 4 is 22.9 Å². The summed E-state index contributed by atoms with van der Waals surface area (Å²) in [6, 6.07) is 10.6. The number of rotatable bonds is 5. The fraction of sp³-hybridized carbons (Fsp3) is 0.211. The molecule has 3 rings (SSSR count). The van der Waals surface area contributed by atoms with Crippen molar-refractivity contribution in [2.45, 2.75) is 13.1 Å². The minimum absolute atomic E-state index is 0.232. The second kappa shape index (κ2) is 7.61. The Balaban J connectivity index is 2.10. The molecular formula is C19H17F3N4O. The largest absolute Gasteiger partial charge is 0.416 e. The van der Waals surface area contributed by atoms with E-state index >= 15 is 0 Å². The highest BCUT2D eigenvalue weighted by Gasteiger charge is 2.30. The molecule has 1 heterocycles. The van der Waals surface area contributed by atoms with Crippen LogP contribution >= 0.6 is 0 Å². The van der Waals surface area contributed by atoms with Gasteiger partial charge in [0.2, 0.25) is 0 Å². The second-order valence-corrected chi connectivity index (χ2v) is 5.69. The standard InChI is InChI=1S/C19H17F3N4O/c1-3-23-18-15-9-8-14(19(20,21)22)10-16(15)25-17(26-18)13-6-4-12(5-7-13)11-24-27-2/h4-11H,3H2,1-2H3,(H,23,25,26)/b24-11+. The number of fused-ring (bicyclic) bond motifs is 1. The molecule has 2 aromatic carbocycles. The van der Waals surface area contributed by atoms with Gasteiger partial charge in [0.05, 0.1) is 17.3 Å². The molecule has 0 saturated carbocycles. The van der Waals surface area contributed by atoms with Crippen molar-refractivity contribution in [3.8, 4) is 11.4 Å². The first-order chi connectivity index (χ1) is 12.9. The van der Waals surface area contributed by atoms with Gasteiger partial charge in [-0.3, -0.25) is 0 Å². The van der Waals surface area contributed by atoms with Gasteiger partial charge in [-0.25, -0.2) is 9.97 Å². The fourth-order valence-electron chi connectivity index (χ4n) is 2.57. The Morgan fingerprint density at radius 3 is 2.48 bits per heavy atom. The van der Waals surface area contributed by atoms with Gasteiger partial charge in [-0.05, 0) is 30.7 Å². The van der Waals surface area contributed by atoms with E-state index < -0.39 is 11.7 Å². The summed E-state index contributed by atoms with van der Waals surface area (Å²) in [5.74, 6) is 0.837. The Hall–Kier alpha value is -3.16. The summed E-state index contributed by atoms with van der Waals surface area (Å²) in [6.45, 7) is 2.47. The molecule has 0 saturated heterocycles. The van der Waals surface area contributed by atoms with E-state index in [2.05, 4.69) is 25.3 Å². The third kappa shape index (κ3) is 4.16. The monoisotopic (exact) mass is 374 g/mol. The molecule has 0 spiro atoms. The Labute approximate surface area is 153 Å². The van der Waals surface area contributed by atoms with Crippen LogP contribution in [0.1, 0.15) is 18.1 Å². The van der Waals surface area contributed by atoms with Crippen LogP contribution in [0.3, 0.4) is 0 Å². The molecule has 140 valence electrons. The number of aromatic nitrogens is 2. The molecule has 0 radical (unpaired) electrons. The number of alkyl halides is 3. The second-order valence-electron chi connectivity index (χ2n) is 5.69. The summed E-state index contributed by atoms with van der Waals surface area (Å²) in [6.07, 6.45) is -2.88. The van der Waals surface area contributed by atoms with Gasteiger partial charge in [0.1, 0.15) is 12.9 Å². The number of halogens is 3. The minimum Gasteiger partial charge on any atom is -0.399 e. The lowest BCUT2D eigenvalue weighted by Gasteiger charge is -2.12. The molecule has 0 bridgehead atoms. The predicted octanol–water partition coefficient (Wildman–Crippen LogP) is 4.73. The van der Waals surface area contributed by atoms with E-state index in [-0.39, 0.29) is 5.52 Å². The number of oxime groups is 1. The van der Waals surface area contributed by atoms with Crippen molar-refractivity contribution in [3.63, 3.8) is 0 Å².